The Morgan fingerprint density at radius 3 is 2.65 bits per heavy atom. The second-order valence-corrected chi connectivity index (χ2v) is 10.0. The van der Waals surface area contributed by atoms with Gasteiger partial charge in [-0.3, -0.25) is 0 Å². The third kappa shape index (κ3) is 3.63. The number of allylic oxidation sites excluding steroid dienone is 5. The van der Waals surface area contributed by atoms with Crippen molar-refractivity contribution in [1.29, 1.82) is 0 Å². The van der Waals surface area contributed by atoms with E-state index < -0.39 is 0 Å². The van der Waals surface area contributed by atoms with Gasteiger partial charge in [0.05, 0.1) is 0 Å². The summed E-state index contributed by atoms with van der Waals surface area (Å²) in [6.45, 7) is 16.6. The molecule has 0 nitrogen and oxygen atoms in total. The Bertz CT molecular complexity index is 577. The van der Waals surface area contributed by atoms with Crippen LogP contribution in [0.1, 0.15) is 92.4 Å². The summed E-state index contributed by atoms with van der Waals surface area (Å²) in [5.41, 5.74) is 5.52. The van der Waals surface area contributed by atoms with Gasteiger partial charge in [-0.2, -0.15) is 0 Å². The van der Waals surface area contributed by atoms with E-state index in [1.807, 2.05) is 0 Å². The van der Waals surface area contributed by atoms with E-state index in [0.29, 0.717) is 17.3 Å². The molecule has 6 atom stereocenters. The van der Waals surface area contributed by atoms with Crippen molar-refractivity contribution in [3.8, 4) is 0 Å². The monoisotopic (exact) mass is 354 g/mol. The summed E-state index contributed by atoms with van der Waals surface area (Å²) in [5.74, 6) is 4.05. The molecule has 0 bridgehead atoms. The van der Waals surface area contributed by atoms with E-state index in [-0.39, 0.29) is 0 Å². The first-order chi connectivity index (χ1) is 12.4. The topological polar surface area (TPSA) is 0 Å². The smallest absolute Gasteiger partial charge is 0.0143 e. The van der Waals surface area contributed by atoms with Crippen molar-refractivity contribution in [2.75, 3.05) is 0 Å². The van der Waals surface area contributed by atoms with Gasteiger partial charge in [-0.1, -0.05) is 76.5 Å². The summed E-state index contributed by atoms with van der Waals surface area (Å²) in [6, 6.07) is 0. The lowest BCUT2D eigenvalue weighted by Crippen LogP contribution is -2.35. The molecular weight excluding hydrogens is 312 g/mol. The zero-order valence-electron chi connectivity index (χ0n) is 18.1. The van der Waals surface area contributed by atoms with Crippen LogP contribution in [0.15, 0.2) is 35.5 Å². The van der Waals surface area contributed by atoms with Gasteiger partial charge in [-0.15, -0.1) is 0 Å². The third-order valence-electron chi connectivity index (χ3n) is 8.63. The minimum Gasteiger partial charge on any atom is -0.0993 e. The molecule has 0 spiro atoms. The number of hydrogen-bond acceptors (Lipinski definition) is 0. The van der Waals surface area contributed by atoms with Gasteiger partial charge < -0.3 is 0 Å². The van der Waals surface area contributed by atoms with Crippen LogP contribution in [0.4, 0.5) is 0 Å². The average Bonchev–Trinajstić information content (AvgIpc) is 2.99. The summed E-state index contributed by atoms with van der Waals surface area (Å²) in [7, 11) is 0. The standard InChI is InChI=1S/C26H42/c1-7-18(3)24-13-14-25-23(10-9-15-26(24,25)6)12-11-21-16-19(4)20(5)22(8-2)17-21/h11-12,18-19,22,24-25H,5,7-10,13-17H2,1-4,6H3. The van der Waals surface area contributed by atoms with E-state index in [0.717, 1.165) is 17.8 Å². The first-order valence-electron chi connectivity index (χ1n) is 11.5. The van der Waals surface area contributed by atoms with Crippen LogP contribution >= 0.6 is 0 Å². The SMILES string of the molecule is C=C1C(C)CC(=CC=C2CCCC3(C)C2CCC3C(C)CC)CC1CC. The van der Waals surface area contributed by atoms with Crippen molar-refractivity contribution in [3.05, 3.63) is 35.5 Å². The van der Waals surface area contributed by atoms with Crippen LogP contribution < -0.4 is 0 Å². The van der Waals surface area contributed by atoms with E-state index >= 15 is 0 Å². The fraction of sp³-hybridized carbons (Fsp3) is 0.769. The van der Waals surface area contributed by atoms with Crippen molar-refractivity contribution in [2.24, 2.45) is 35.0 Å². The van der Waals surface area contributed by atoms with Crippen LogP contribution in [-0.4, -0.2) is 0 Å². The lowest BCUT2D eigenvalue weighted by atomic mass is 9.61. The highest BCUT2D eigenvalue weighted by Crippen LogP contribution is 2.59. The first kappa shape index (κ1) is 20.0. The largest absolute Gasteiger partial charge is 0.0993 e. The number of hydrogen-bond donors (Lipinski definition) is 0. The maximum Gasteiger partial charge on any atom is -0.0143 e. The molecule has 0 radical (unpaired) electrons. The Hall–Kier alpha value is -0.780. The van der Waals surface area contributed by atoms with E-state index in [1.165, 1.54) is 63.4 Å². The molecule has 0 aliphatic heterocycles. The van der Waals surface area contributed by atoms with Gasteiger partial charge in [0.2, 0.25) is 0 Å². The summed E-state index contributed by atoms with van der Waals surface area (Å²) in [4.78, 5) is 0. The molecule has 3 rings (SSSR count). The molecule has 26 heavy (non-hydrogen) atoms. The van der Waals surface area contributed by atoms with Crippen LogP contribution in [0.2, 0.25) is 0 Å². The number of fused-ring (bicyclic) bond motifs is 1. The Labute approximate surface area is 163 Å². The van der Waals surface area contributed by atoms with E-state index in [1.54, 1.807) is 11.1 Å². The molecule has 0 aromatic rings. The van der Waals surface area contributed by atoms with Gasteiger partial charge in [0.1, 0.15) is 0 Å². The maximum absolute atomic E-state index is 4.37. The molecule has 6 unspecified atom stereocenters. The zero-order valence-corrected chi connectivity index (χ0v) is 18.1. The maximum atomic E-state index is 4.37. The molecule has 0 aromatic carbocycles. The van der Waals surface area contributed by atoms with Crippen LogP contribution in [0, 0.1) is 35.0 Å². The summed E-state index contributed by atoms with van der Waals surface area (Å²) >= 11 is 0. The second-order valence-electron chi connectivity index (χ2n) is 10.0. The van der Waals surface area contributed by atoms with Crippen LogP contribution in [0.25, 0.3) is 0 Å². The quantitative estimate of drug-likeness (QED) is 0.447. The minimum absolute atomic E-state index is 0.568. The lowest BCUT2D eigenvalue weighted by molar-refractivity contribution is 0.0961. The van der Waals surface area contributed by atoms with Gasteiger partial charge in [-0.05, 0) is 86.4 Å². The fourth-order valence-electron chi connectivity index (χ4n) is 6.72. The summed E-state index contributed by atoms with van der Waals surface area (Å²) in [5, 5.41) is 0. The van der Waals surface area contributed by atoms with Gasteiger partial charge in [0.15, 0.2) is 0 Å². The highest BCUT2D eigenvalue weighted by Gasteiger charge is 2.50. The zero-order chi connectivity index (χ0) is 18.9. The van der Waals surface area contributed by atoms with Crippen molar-refractivity contribution < 1.29 is 0 Å². The molecule has 0 heteroatoms. The molecule has 146 valence electrons. The van der Waals surface area contributed by atoms with E-state index in [9.17, 15) is 0 Å². The van der Waals surface area contributed by atoms with Crippen LogP contribution in [0.3, 0.4) is 0 Å². The third-order valence-corrected chi connectivity index (χ3v) is 8.63. The molecule has 0 aromatic heterocycles. The highest BCUT2D eigenvalue weighted by molar-refractivity contribution is 5.28. The van der Waals surface area contributed by atoms with Gasteiger partial charge in [-0.25, -0.2) is 0 Å². The Kier molecular flexibility index (Phi) is 6.20. The summed E-state index contributed by atoms with van der Waals surface area (Å²) in [6.07, 6.45) is 17.3. The Balaban J connectivity index is 1.78. The van der Waals surface area contributed by atoms with Crippen LogP contribution in [0.5, 0.6) is 0 Å². The van der Waals surface area contributed by atoms with Gasteiger partial charge in [0, 0.05) is 0 Å². The highest BCUT2D eigenvalue weighted by atomic mass is 14.5. The van der Waals surface area contributed by atoms with Crippen LogP contribution in [-0.2, 0) is 0 Å². The molecular formula is C26H42. The normalized spacial score (nSPS) is 42.3. The van der Waals surface area contributed by atoms with Crippen molar-refractivity contribution >= 4 is 0 Å². The van der Waals surface area contributed by atoms with Crippen molar-refractivity contribution in [2.45, 2.75) is 92.4 Å². The molecule has 0 saturated heterocycles. The molecule has 3 fully saturated rings. The van der Waals surface area contributed by atoms with E-state index in [2.05, 4.69) is 53.3 Å². The molecule has 0 amide bonds. The van der Waals surface area contributed by atoms with Crippen molar-refractivity contribution in [3.63, 3.8) is 0 Å². The lowest BCUT2D eigenvalue weighted by Gasteiger charge is -2.44. The number of rotatable bonds is 4. The van der Waals surface area contributed by atoms with E-state index in [4.69, 9.17) is 0 Å². The Morgan fingerprint density at radius 2 is 1.96 bits per heavy atom. The van der Waals surface area contributed by atoms with Gasteiger partial charge in [0.25, 0.3) is 0 Å². The molecule has 0 N–H and O–H groups in total. The first-order valence-corrected chi connectivity index (χ1v) is 11.5. The Morgan fingerprint density at radius 1 is 1.19 bits per heavy atom. The second kappa shape index (κ2) is 8.07. The minimum atomic E-state index is 0.568. The summed E-state index contributed by atoms with van der Waals surface area (Å²) < 4.78 is 0. The fourth-order valence-corrected chi connectivity index (χ4v) is 6.72. The predicted molar refractivity (Wildman–Crippen MR) is 115 cm³/mol. The van der Waals surface area contributed by atoms with Crippen molar-refractivity contribution in [1.82, 2.24) is 0 Å². The average molecular weight is 355 g/mol. The molecule has 0 heterocycles. The predicted octanol–water partition coefficient (Wildman–Crippen LogP) is 8.11. The molecule has 3 saturated carbocycles. The van der Waals surface area contributed by atoms with Gasteiger partial charge >= 0.3 is 0 Å². The molecule has 3 aliphatic rings. The molecule has 3 aliphatic carbocycles.